The molecule has 6 heteroatoms. The molecule has 2 heterocycles. The molecule has 1 aromatic heterocycles. The van der Waals surface area contributed by atoms with Gasteiger partial charge < -0.3 is 15.2 Å². The van der Waals surface area contributed by atoms with Crippen molar-refractivity contribution in [2.24, 2.45) is 0 Å². The van der Waals surface area contributed by atoms with Crippen molar-refractivity contribution >= 4 is 21.7 Å². The SMILES string of the molecule is Cc1c(Br)c(-c2cn[nH]c2N)cc2c1OCCO2. The molecule has 0 amide bonds. The molecular weight excluding hydrogens is 298 g/mol. The van der Waals surface area contributed by atoms with Gasteiger partial charge in [-0.3, -0.25) is 5.10 Å². The maximum Gasteiger partial charge on any atom is 0.165 e. The summed E-state index contributed by atoms with van der Waals surface area (Å²) in [7, 11) is 0. The van der Waals surface area contributed by atoms with E-state index in [1.807, 2.05) is 13.0 Å². The third-order valence-electron chi connectivity index (χ3n) is 2.95. The van der Waals surface area contributed by atoms with Crippen LogP contribution in [-0.4, -0.2) is 23.4 Å². The Morgan fingerprint density at radius 1 is 1.33 bits per heavy atom. The predicted molar refractivity (Wildman–Crippen MR) is 71.9 cm³/mol. The van der Waals surface area contributed by atoms with Crippen molar-refractivity contribution in [2.75, 3.05) is 18.9 Å². The van der Waals surface area contributed by atoms with Crippen molar-refractivity contribution in [1.82, 2.24) is 10.2 Å². The molecule has 0 atom stereocenters. The van der Waals surface area contributed by atoms with E-state index in [0.717, 1.165) is 32.7 Å². The summed E-state index contributed by atoms with van der Waals surface area (Å²) >= 11 is 3.58. The van der Waals surface area contributed by atoms with Crippen molar-refractivity contribution in [3.63, 3.8) is 0 Å². The molecule has 3 rings (SSSR count). The van der Waals surface area contributed by atoms with E-state index in [1.54, 1.807) is 6.20 Å². The maximum absolute atomic E-state index is 5.86. The molecule has 18 heavy (non-hydrogen) atoms. The highest BCUT2D eigenvalue weighted by atomic mass is 79.9. The van der Waals surface area contributed by atoms with E-state index in [9.17, 15) is 0 Å². The Labute approximate surface area is 112 Å². The molecule has 1 aliphatic rings. The van der Waals surface area contributed by atoms with Gasteiger partial charge in [-0.2, -0.15) is 5.10 Å². The number of nitrogens with zero attached hydrogens (tertiary/aromatic N) is 1. The number of H-pyrrole nitrogens is 1. The first kappa shape index (κ1) is 11.4. The molecule has 0 spiro atoms. The van der Waals surface area contributed by atoms with Gasteiger partial charge in [-0.05, 0) is 28.9 Å². The minimum atomic E-state index is 0.534. The van der Waals surface area contributed by atoms with Gasteiger partial charge in [-0.1, -0.05) is 0 Å². The van der Waals surface area contributed by atoms with Gasteiger partial charge in [0.15, 0.2) is 11.5 Å². The quantitative estimate of drug-likeness (QED) is 0.849. The van der Waals surface area contributed by atoms with Crippen LogP contribution >= 0.6 is 15.9 Å². The van der Waals surface area contributed by atoms with Gasteiger partial charge in [0, 0.05) is 21.2 Å². The summed E-state index contributed by atoms with van der Waals surface area (Å²) in [6.07, 6.45) is 1.70. The molecule has 0 aliphatic carbocycles. The van der Waals surface area contributed by atoms with Crippen molar-refractivity contribution in [2.45, 2.75) is 6.92 Å². The van der Waals surface area contributed by atoms with Gasteiger partial charge in [0.05, 0.1) is 6.20 Å². The zero-order chi connectivity index (χ0) is 12.7. The van der Waals surface area contributed by atoms with Gasteiger partial charge in [0.2, 0.25) is 0 Å². The van der Waals surface area contributed by atoms with Crippen molar-refractivity contribution in [3.8, 4) is 22.6 Å². The third kappa shape index (κ3) is 1.64. The minimum Gasteiger partial charge on any atom is -0.486 e. The van der Waals surface area contributed by atoms with E-state index in [2.05, 4.69) is 26.1 Å². The predicted octanol–water partition coefficient (Wildman–Crippen LogP) is 2.50. The first-order chi connectivity index (χ1) is 8.68. The molecule has 2 aromatic rings. The van der Waals surface area contributed by atoms with Crippen molar-refractivity contribution in [1.29, 1.82) is 0 Å². The van der Waals surface area contributed by atoms with Gasteiger partial charge in [-0.15, -0.1) is 0 Å². The van der Waals surface area contributed by atoms with Crippen molar-refractivity contribution < 1.29 is 9.47 Å². The summed E-state index contributed by atoms with van der Waals surface area (Å²) < 4.78 is 12.2. The number of anilines is 1. The molecular formula is C12H12BrN3O2. The number of aromatic nitrogens is 2. The molecule has 3 N–H and O–H groups in total. The first-order valence-electron chi connectivity index (χ1n) is 5.56. The van der Waals surface area contributed by atoms with E-state index in [4.69, 9.17) is 15.2 Å². The van der Waals surface area contributed by atoms with Crippen LogP contribution < -0.4 is 15.2 Å². The number of nitrogens with one attached hydrogen (secondary N) is 1. The topological polar surface area (TPSA) is 73.2 Å². The highest BCUT2D eigenvalue weighted by Crippen LogP contribution is 2.44. The summed E-state index contributed by atoms with van der Waals surface area (Å²) in [6.45, 7) is 3.12. The molecule has 0 saturated heterocycles. The Bertz CT molecular complexity index is 610. The molecule has 5 nitrogen and oxygen atoms in total. The van der Waals surface area contributed by atoms with Gasteiger partial charge in [0.1, 0.15) is 19.0 Å². The normalized spacial score (nSPS) is 13.7. The fourth-order valence-corrected chi connectivity index (χ4v) is 2.54. The van der Waals surface area contributed by atoms with E-state index in [0.29, 0.717) is 19.0 Å². The monoisotopic (exact) mass is 309 g/mol. The number of ether oxygens (including phenoxy) is 2. The molecule has 0 fully saturated rings. The summed E-state index contributed by atoms with van der Waals surface area (Å²) in [5.41, 5.74) is 8.66. The van der Waals surface area contributed by atoms with Crippen LogP contribution in [0.3, 0.4) is 0 Å². The molecule has 94 valence electrons. The second-order valence-electron chi connectivity index (χ2n) is 4.08. The van der Waals surface area contributed by atoms with Gasteiger partial charge in [-0.25, -0.2) is 0 Å². The number of aromatic amines is 1. The Morgan fingerprint density at radius 3 is 2.83 bits per heavy atom. The number of halogens is 1. The van der Waals surface area contributed by atoms with Gasteiger partial charge in [0.25, 0.3) is 0 Å². The minimum absolute atomic E-state index is 0.534. The third-order valence-corrected chi connectivity index (χ3v) is 3.97. The molecule has 1 aliphatic heterocycles. The number of nitrogens with two attached hydrogens (primary N) is 1. The lowest BCUT2D eigenvalue weighted by Crippen LogP contribution is -2.16. The maximum atomic E-state index is 5.86. The number of nitrogen functional groups attached to an aromatic ring is 1. The first-order valence-corrected chi connectivity index (χ1v) is 6.35. The molecule has 0 saturated carbocycles. The summed E-state index contributed by atoms with van der Waals surface area (Å²) in [5.74, 6) is 2.07. The summed E-state index contributed by atoms with van der Waals surface area (Å²) in [4.78, 5) is 0. The van der Waals surface area contributed by atoms with Gasteiger partial charge >= 0.3 is 0 Å². The fourth-order valence-electron chi connectivity index (χ4n) is 2.04. The fraction of sp³-hybridized carbons (Fsp3) is 0.250. The standard InChI is InChI=1S/C12H12BrN3O2/c1-6-10(13)7(8-5-15-16-12(8)14)4-9-11(6)18-3-2-17-9/h4-5H,2-3H2,1H3,(H3,14,15,16). The van der Waals surface area contributed by atoms with Crippen LogP contribution in [0.4, 0.5) is 5.82 Å². The van der Waals surface area contributed by atoms with Crippen molar-refractivity contribution in [3.05, 3.63) is 22.3 Å². The van der Waals surface area contributed by atoms with E-state index >= 15 is 0 Å². The number of rotatable bonds is 1. The van der Waals surface area contributed by atoms with Crippen LogP contribution in [0.5, 0.6) is 11.5 Å². The second-order valence-corrected chi connectivity index (χ2v) is 4.88. The molecule has 0 unspecified atom stereocenters. The Balaban J connectivity index is 2.22. The molecule has 0 bridgehead atoms. The number of fused-ring (bicyclic) bond motifs is 1. The van der Waals surface area contributed by atoms with Crippen LogP contribution in [0.25, 0.3) is 11.1 Å². The summed E-state index contributed by atoms with van der Waals surface area (Å²) in [5, 5.41) is 6.67. The Morgan fingerprint density at radius 2 is 2.11 bits per heavy atom. The van der Waals surface area contributed by atoms with E-state index < -0.39 is 0 Å². The Kier molecular flexibility index (Phi) is 2.66. The average Bonchev–Trinajstić information content (AvgIpc) is 2.80. The smallest absolute Gasteiger partial charge is 0.165 e. The van der Waals surface area contributed by atoms with E-state index in [1.165, 1.54) is 0 Å². The van der Waals surface area contributed by atoms with E-state index in [-0.39, 0.29) is 0 Å². The number of benzene rings is 1. The lowest BCUT2D eigenvalue weighted by Gasteiger charge is -2.22. The van der Waals surface area contributed by atoms with Crippen LogP contribution in [-0.2, 0) is 0 Å². The number of hydrogen-bond donors (Lipinski definition) is 2. The highest BCUT2D eigenvalue weighted by molar-refractivity contribution is 9.10. The van der Waals surface area contributed by atoms with Crippen LogP contribution in [0.2, 0.25) is 0 Å². The molecule has 0 radical (unpaired) electrons. The Hall–Kier alpha value is -1.69. The van der Waals surface area contributed by atoms with Crippen LogP contribution in [0.15, 0.2) is 16.7 Å². The lowest BCUT2D eigenvalue weighted by molar-refractivity contribution is 0.170. The van der Waals surface area contributed by atoms with Crippen LogP contribution in [0, 0.1) is 6.92 Å². The number of hydrogen-bond acceptors (Lipinski definition) is 4. The average molecular weight is 310 g/mol. The lowest BCUT2D eigenvalue weighted by atomic mass is 10.0. The van der Waals surface area contributed by atoms with Crippen LogP contribution in [0.1, 0.15) is 5.56 Å². The second kappa shape index (κ2) is 4.20. The highest BCUT2D eigenvalue weighted by Gasteiger charge is 2.21. The molecule has 1 aromatic carbocycles. The zero-order valence-electron chi connectivity index (χ0n) is 9.79. The summed E-state index contributed by atoms with van der Waals surface area (Å²) in [6, 6.07) is 1.92. The zero-order valence-corrected chi connectivity index (χ0v) is 11.4. The largest absolute Gasteiger partial charge is 0.486 e.